The van der Waals surface area contributed by atoms with E-state index in [0.29, 0.717) is 5.02 Å². The molecule has 0 aliphatic heterocycles. The monoisotopic (exact) mass is 285 g/mol. The zero-order valence-electron chi connectivity index (χ0n) is 11.5. The van der Waals surface area contributed by atoms with Crippen molar-refractivity contribution in [2.45, 2.75) is 13.8 Å². The molecule has 20 heavy (non-hydrogen) atoms. The van der Waals surface area contributed by atoms with Gasteiger partial charge in [0.1, 0.15) is 0 Å². The SMILES string of the molecule is Cc1ccc(NC(=O)/C=C/c2ccc(Cl)cc2)cc1C. The van der Waals surface area contributed by atoms with Crippen molar-refractivity contribution in [1.82, 2.24) is 0 Å². The summed E-state index contributed by atoms with van der Waals surface area (Å²) in [4.78, 5) is 11.8. The molecule has 0 heterocycles. The number of carbonyl (C=O) groups excluding carboxylic acids is 1. The van der Waals surface area contributed by atoms with E-state index >= 15 is 0 Å². The number of hydrogen-bond donors (Lipinski definition) is 1. The van der Waals surface area contributed by atoms with Crippen LogP contribution < -0.4 is 5.32 Å². The third-order valence-corrected chi connectivity index (χ3v) is 3.32. The largest absolute Gasteiger partial charge is 0.323 e. The smallest absolute Gasteiger partial charge is 0.248 e. The molecule has 0 fully saturated rings. The summed E-state index contributed by atoms with van der Waals surface area (Å²) >= 11 is 5.81. The van der Waals surface area contributed by atoms with Gasteiger partial charge in [-0.15, -0.1) is 0 Å². The van der Waals surface area contributed by atoms with Crippen molar-refractivity contribution in [2.75, 3.05) is 5.32 Å². The lowest BCUT2D eigenvalue weighted by atomic mass is 10.1. The van der Waals surface area contributed by atoms with E-state index in [-0.39, 0.29) is 5.91 Å². The van der Waals surface area contributed by atoms with Crippen LogP contribution in [0.1, 0.15) is 16.7 Å². The minimum atomic E-state index is -0.150. The predicted molar refractivity (Wildman–Crippen MR) is 85.0 cm³/mol. The van der Waals surface area contributed by atoms with Crippen LogP contribution in [0.2, 0.25) is 5.02 Å². The van der Waals surface area contributed by atoms with E-state index in [0.717, 1.165) is 16.8 Å². The molecule has 0 atom stereocenters. The topological polar surface area (TPSA) is 29.1 Å². The van der Waals surface area contributed by atoms with Gasteiger partial charge in [0, 0.05) is 16.8 Å². The molecule has 2 nitrogen and oxygen atoms in total. The minimum Gasteiger partial charge on any atom is -0.323 e. The first-order valence-corrected chi connectivity index (χ1v) is 6.74. The fourth-order valence-electron chi connectivity index (χ4n) is 1.75. The number of benzene rings is 2. The summed E-state index contributed by atoms with van der Waals surface area (Å²) in [6.07, 6.45) is 3.27. The Labute approximate surface area is 124 Å². The Bertz CT molecular complexity index is 645. The number of anilines is 1. The molecule has 2 aromatic carbocycles. The molecule has 2 rings (SSSR count). The second-order valence-electron chi connectivity index (χ2n) is 4.67. The van der Waals surface area contributed by atoms with E-state index in [9.17, 15) is 4.79 Å². The number of amides is 1. The Balaban J connectivity index is 2.01. The van der Waals surface area contributed by atoms with E-state index < -0.39 is 0 Å². The highest BCUT2D eigenvalue weighted by Crippen LogP contribution is 2.14. The van der Waals surface area contributed by atoms with Gasteiger partial charge in [-0.05, 0) is 60.9 Å². The molecule has 3 heteroatoms. The van der Waals surface area contributed by atoms with Gasteiger partial charge in [0.15, 0.2) is 0 Å². The van der Waals surface area contributed by atoms with Crippen LogP contribution in [-0.4, -0.2) is 5.91 Å². The highest BCUT2D eigenvalue weighted by molar-refractivity contribution is 6.30. The molecule has 102 valence electrons. The first-order chi connectivity index (χ1) is 9.54. The van der Waals surface area contributed by atoms with Gasteiger partial charge in [-0.3, -0.25) is 4.79 Å². The van der Waals surface area contributed by atoms with Crippen molar-refractivity contribution in [1.29, 1.82) is 0 Å². The number of aryl methyl sites for hydroxylation is 2. The van der Waals surface area contributed by atoms with Crippen molar-refractivity contribution < 1.29 is 4.79 Å². The summed E-state index contributed by atoms with van der Waals surface area (Å²) in [6, 6.07) is 13.2. The average molecular weight is 286 g/mol. The maximum absolute atomic E-state index is 11.8. The van der Waals surface area contributed by atoms with Gasteiger partial charge < -0.3 is 5.32 Å². The number of halogens is 1. The molecule has 0 saturated carbocycles. The van der Waals surface area contributed by atoms with Crippen LogP contribution in [0.15, 0.2) is 48.5 Å². The second kappa shape index (κ2) is 6.40. The predicted octanol–water partition coefficient (Wildman–Crippen LogP) is 4.61. The lowest BCUT2D eigenvalue weighted by Gasteiger charge is -2.05. The van der Waals surface area contributed by atoms with Gasteiger partial charge in [0.05, 0.1) is 0 Å². The van der Waals surface area contributed by atoms with Crippen LogP contribution in [-0.2, 0) is 4.79 Å². The summed E-state index contributed by atoms with van der Waals surface area (Å²) in [6.45, 7) is 4.07. The van der Waals surface area contributed by atoms with E-state index in [1.165, 1.54) is 11.6 Å². The third-order valence-electron chi connectivity index (χ3n) is 3.07. The van der Waals surface area contributed by atoms with Gasteiger partial charge in [-0.1, -0.05) is 29.8 Å². The van der Waals surface area contributed by atoms with Crippen molar-refractivity contribution in [3.63, 3.8) is 0 Å². The quantitative estimate of drug-likeness (QED) is 0.820. The van der Waals surface area contributed by atoms with Gasteiger partial charge in [0.25, 0.3) is 0 Å². The Kier molecular flexibility index (Phi) is 4.59. The fourth-order valence-corrected chi connectivity index (χ4v) is 1.87. The van der Waals surface area contributed by atoms with Gasteiger partial charge in [-0.2, -0.15) is 0 Å². The molecule has 0 aromatic heterocycles. The van der Waals surface area contributed by atoms with E-state index in [2.05, 4.69) is 5.32 Å². The summed E-state index contributed by atoms with van der Waals surface area (Å²) in [5.74, 6) is -0.150. The number of nitrogens with one attached hydrogen (secondary N) is 1. The highest BCUT2D eigenvalue weighted by Gasteiger charge is 1.99. The Morgan fingerprint density at radius 3 is 2.40 bits per heavy atom. The molecule has 0 aliphatic carbocycles. The molecule has 2 aromatic rings. The molecule has 0 bridgehead atoms. The molecular weight excluding hydrogens is 270 g/mol. The van der Waals surface area contributed by atoms with Gasteiger partial charge in [0.2, 0.25) is 5.91 Å². The van der Waals surface area contributed by atoms with Gasteiger partial charge in [-0.25, -0.2) is 0 Å². The van der Waals surface area contributed by atoms with E-state index in [1.807, 2.05) is 44.2 Å². The maximum atomic E-state index is 11.8. The molecule has 0 aliphatic rings. The first-order valence-electron chi connectivity index (χ1n) is 6.36. The maximum Gasteiger partial charge on any atom is 0.248 e. The van der Waals surface area contributed by atoms with Crippen LogP contribution in [0.4, 0.5) is 5.69 Å². The summed E-state index contributed by atoms with van der Waals surface area (Å²) in [5.41, 5.74) is 4.10. The summed E-state index contributed by atoms with van der Waals surface area (Å²) < 4.78 is 0. The van der Waals surface area contributed by atoms with E-state index in [4.69, 9.17) is 11.6 Å². The van der Waals surface area contributed by atoms with Crippen LogP contribution in [0, 0.1) is 13.8 Å². The standard InChI is InChI=1S/C17H16ClNO/c1-12-3-9-16(11-13(12)2)19-17(20)10-6-14-4-7-15(18)8-5-14/h3-11H,1-2H3,(H,19,20)/b10-6+. The van der Waals surface area contributed by atoms with Gasteiger partial charge >= 0.3 is 0 Å². The van der Waals surface area contributed by atoms with Crippen LogP contribution in [0.5, 0.6) is 0 Å². The highest BCUT2D eigenvalue weighted by atomic mass is 35.5. The van der Waals surface area contributed by atoms with Crippen LogP contribution >= 0.6 is 11.6 Å². The average Bonchev–Trinajstić information content (AvgIpc) is 2.42. The Morgan fingerprint density at radius 2 is 1.75 bits per heavy atom. The second-order valence-corrected chi connectivity index (χ2v) is 5.11. The number of hydrogen-bond acceptors (Lipinski definition) is 1. The third kappa shape index (κ3) is 3.97. The molecule has 0 saturated heterocycles. The summed E-state index contributed by atoms with van der Waals surface area (Å²) in [7, 11) is 0. The first kappa shape index (κ1) is 14.4. The zero-order chi connectivity index (χ0) is 14.5. The molecule has 0 radical (unpaired) electrons. The summed E-state index contributed by atoms with van der Waals surface area (Å²) in [5, 5.41) is 3.52. The Hall–Kier alpha value is -2.06. The molecular formula is C17H16ClNO. The Morgan fingerprint density at radius 1 is 1.05 bits per heavy atom. The molecule has 0 unspecified atom stereocenters. The normalized spacial score (nSPS) is 10.8. The van der Waals surface area contributed by atoms with Crippen molar-refractivity contribution in [2.24, 2.45) is 0 Å². The van der Waals surface area contributed by atoms with Crippen molar-refractivity contribution in [3.05, 3.63) is 70.3 Å². The van der Waals surface area contributed by atoms with Crippen molar-refractivity contribution in [3.8, 4) is 0 Å². The number of rotatable bonds is 3. The molecule has 1 amide bonds. The lowest BCUT2D eigenvalue weighted by molar-refractivity contribution is -0.111. The molecule has 0 spiro atoms. The molecule has 1 N–H and O–H groups in total. The van der Waals surface area contributed by atoms with Crippen molar-refractivity contribution >= 4 is 29.3 Å². The van der Waals surface area contributed by atoms with Crippen LogP contribution in [0.25, 0.3) is 6.08 Å². The van der Waals surface area contributed by atoms with Crippen LogP contribution in [0.3, 0.4) is 0 Å². The lowest BCUT2D eigenvalue weighted by Crippen LogP contribution is -2.07. The zero-order valence-corrected chi connectivity index (χ0v) is 12.2. The fraction of sp³-hybridized carbons (Fsp3) is 0.118. The minimum absolute atomic E-state index is 0.150. The number of carbonyl (C=O) groups is 1. The van der Waals surface area contributed by atoms with E-state index in [1.54, 1.807) is 18.2 Å².